The van der Waals surface area contributed by atoms with Crippen molar-refractivity contribution in [2.45, 2.75) is 0 Å². The average molecular weight is 346 g/mol. The Balaban J connectivity index is 1.78. The minimum atomic E-state index is 1.10. The fraction of sp³-hybridized carbons (Fsp3) is 0. The molecule has 0 saturated carbocycles. The van der Waals surface area contributed by atoms with Gasteiger partial charge in [0.15, 0.2) is 0 Å². The van der Waals surface area contributed by atoms with Crippen LogP contribution in [-0.4, -0.2) is 6.01 Å². The number of benzene rings is 4. The second-order valence-corrected chi connectivity index (χ2v) is 6.48. The maximum Gasteiger partial charge on any atom is 0.503 e. The van der Waals surface area contributed by atoms with Gasteiger partial charge in [0.05, 0.1) is 5.56 Å². The van der Waals surface area contributed by atoms with E-state index in [1.165, 1.54) is 11.1 Å². The summed E-state index contributed by atoms with van der Waals surface area (Å²) in [4.78, 5) is 0. The topological polar surface area (TPSA) is 6.02 Å². The SMILES string of the molecule is C1=[N+](c2ccccc2)c2ccccc2[N+]=1c1ccccc1-c1ccccc1. The van der Waals surface area contributed by atoms with E-state index in [1.54, 1.807) is 0 Å². The Kier molecular flexibility index (Phi) is 3.75. The third-order valence-electron chi connectivity index (χ3n) is 4.81. The van der Waals surface area contributed by atoms with Crippen LogP contribution in [0.4, 0.5) is 22.7 Å². The minimum absolute atomic E-state index is 1.10. The van der Waals surface area contributed by atoms with Crippen LogP contribution in [0.3, 0.4) is 0 Å². The van der Waals surface area contributed by atoms with Crippen molar-refractivity contribution in [3.8, 4) is 11.1 Å². The highest BCUT2D eigenvalue weighted by Gasteiger charge is 2.36. The first-order chi connectivity index (χ1) is 13.4. The van der Waals surface area contributed by atoms with Gasteiger partial charge in [0.2, 0.25) is 11.4 Å². The predicted octanol–water partition coefficient (Wildman–Crippen LogP) is 6.21. The summed E-state index contributed by atoms with van der Waals surface area (Å²) in [6.07, 6.45) is 0. The summed E-state index contributed by atoms with van der Waals surface area (Å²) in [6.45, 7) is 0. The lowest BCUT2D eigenvalue weighted by Gasteiger charge is -2.03. The number of para-hydroxylation sites is 4. The van der Waals surface area contributed by atoms with Crippen molar-refractivity contribution in [3.63, 3.8) is 0 Å². The molecule has 2 heteroatoms. The predicted molar refractivity (Wildman–Crippen MR) is 113 cm³/mol. The van der Waals surface area contributed by atoms with Crippen molar-refractivity contribution in [1.29, 1.82) is 0 Å². The molecule has 5 rings (SSSR count). The Bertz CT molecular complexity index is 1190. The molecule has 0 aliphatic carbocycles. The van der Waals surface area contributed by atoms with Gasteiger partial charge in [-0.25, -0.2) is 0 Å². The van der Waals surface area contributed by atoms with Crippen LogP contribution in [0.2, 0.25) is 0 Å². The zero-order valence-corrected chi connectivity index (χ0v) is 14.8. The molecule has 0 saturated heterocycles. The van der Waals surface area contributed by atoms with Gasteiger partial charge >= 0.3 is 6.01 Å². The Morgan fingerprint density at radius 1 is 0.444 bits per heavy atom. The quantitative estimate of drug-likeness (QED) is 0.343. The first-order valence-corrected chi connectivity index (χ1v) is 9.07. The fourth-order valence-corrected chi connectivity index (χ4v) is 3.54. The van der Waals surface area contributed by atoms with Crippen molar-refractivity contribution in [2.24, 2.45) is 0 Å². The highest BCUT2D eigenvalue weighted by atomic mass is 15.2. The number of fused-ring (bicyclic) bond motifs is 1. The number of nitrogens with zero attached hydrogens (tertiary/aromatic N) is 2. The lowest BCUT2D eigenvalue weighted by Crippen LogP contribution is -2.02. The summed E-state index contributed by atoms with van der Waals surface area (Å²) in [5, 5.41) is 0. The summed E-state index contributed by atoms with van der Waals surface area (Å²) in [5.74, 6) is 0. The lowest BCUT2D eigenvalue weighted by atomic mass is 10.0. The molecular formula is C25H18N2+2. The molecule has 0 radical (unpaired) electrons. The summed E-state index contributed by atoms with van der Waals surface area (Å²) >= 11 is 0. The first-order valence-electron chi connectivity index (χ1n) is 9.07. The fourth-order valence-electron chi connectivity index (χ4n) is 3.54. The molecule has 0 N–H and O–H groups in total. The molecular weight excluding hydrogens is 328 g/mol. The van der Waals surface area contributed by atoms with Gasteiger partial charge < -0.3 is 0 Å². The second kappa shape index (κ2) is 6.53. The van der Waals surface area contributed by atoms with E-state index < -0.39 is 0 Å². The number of hydrogen-bond acceptors (Lipinski definition) is 0. The van der Waals surface area contributed by atoms with E-state index in [-0.39, 0.29) is 0 Å². The third-order valence-corrected chi connectivity index (χ3v) is 4.81. The monoisotopic (exact) mass is 346 g/mol. The van der Waals surface area contributed by atoms with Crippen molar-refractivity contribution in [1.82, 2.24) is 9.15 Å². The van der Waals surface area contributed by atoms with Crippen molar-refractivity contribution in [2.75, 3.05) is 0 Å². The van der Waals surface area contributed by atoms with Crippen LogP contribution in [-0.2, 0) is 0 Å². The summed E-state index contributed by atoms with van der Waals surface area (Å²) in [5.41, 5.74) is 6.87. The van der Waals surface area contributed by atoms with Crippen LogP contribution in [0, 0.1) is 0 Å². The van der Waals surface area contributed by atoms with E-state index in [0.717, 1.165) is 22.7 Å². The van der Waals surface area contributed by atoms with Crippen LogP contribution < -0.4 is 9.15 Å². The molecule has 0 atom stereocenters. The Morgan fingerprint density at radius 3 is 1.67 bits per heavy atom. The van der Waals surface area contributed by atoms with Gasteiger partial charge in [0.25, 0.3) is 11.4 Å². The smallest absolute Gasteiger partial charge is 0.0622 e. The van der Waals surface area contributed by atoms with Crippen LogP contribution in [0.5, 0.6) is 0 Å². The molecule has 0 bridgehead atoms. The molecule has 1 aliphatic heterocycles. The standard InChI is InChI=1S/C25H18N2/c1-3-11-20(12-4-1)22-15-7-8-16-23(22)27-19-26(21-13-5-2-6-14-21)24-17-9-10-18-25(24)27/h1-18H/q+2. The third kappa shape index (κ3) is 2.69. The Hall–Kier alpha value is -3.74. The summed E-state index contributed by atoms with van der Waals surface area (Å²) in [7, 11) is 0. The van der Waals surface area contributed by atoms with Crippen molar-refractivity contribution >= 4 is 28.8 Å². The molecule has 0 aromatic heterocycles. The van der Waals surface area contributed by atoms with Gasteiger partial charge in [0.1, 0.15) is 0 Å². The highest BCUT2D eigenvalue weighted by Crippen LogP contribution is 2.38. The lowest BCUT2D eigenvalue weighted by molar-refractivity contribution is 1.12. The molecule has 1 heterocycles. The average Bonchev–Trinajstić information content (AvgIpc) is 3.15. The van der Waals surface area contributed by atoms with Gasteiger partial charge in [0, 0.05) is 30.3 Å². The van der Waals surface area contributed by atoms with Gasteiger partial charge in [-0.3, -0.25) is 0 Å². The maximum absolute atomic E-state index is 3.57. The molecule has 0 spiro atoms. The Labute approximate surface area is 158 Å². The molecule has 27 heavy (non-hydrogen) atoms. The molecule has 1 aliphatic rings. The molecule has 0 fully saturated rings. The van der Waals surface area contributed by atoms with E-state index in [9.17, 15) is 0 Å². The van der Waals surface area contributed by atoms with E-state index in [1.807, 2.05) is 12.1 Å². The molecule has 4 aromatic rings. The summed E-state index contributed by atoms with van der Waals surface area (Å²) in [6, 6.07) is 41.3. The zero-order valence-electron chi connectivity index (χ0n) is 14.8. The minimum Gasteiger partial charge on any atom is -0.0622 e. The van der Waals surface area contributed by atoms with Crippen molar-refractivity contribution in [3.05, 3.63) is 109 Å². The highest BCUT2D eigenvalue weighted by molar-refractivity contribution is 5.88. The van der Waals surface area contributed by atoms with Gasteiger partial charge in [-0.2, -0.15) is 0 Å². The normalized spacial score (nSPS) is 12.3. The maximum atomic E-state index is 3.57. The van der Waals surface area contributed by atoms with Crippen LogP contribution in [0.1, 0.15) is 0 Å². The first kappa shape index (κ1) is 15.5. The van der Waals surface area contributed by atoms with Gasteiger partial charge in [-0.15, -0.1) is 0 Å². The van der Waals surface area contributed by atoms with Crippen LogP contribution in [0.25, 0.3) is 11.1 Å². The van der Waals surface area contributed by atoms with Crippen LogP contribution >= 0.6 is 0 Å². The number of rotatable bonds is 3. The Morgan fingerprint density at radius 2 is 0.963 bits per heavy atom. The van der Waals surface area contributed by atoms with Crippen LogP contribution in [0.15, 0.2) is 109 Å². The largest absolute Gasteiger partial charge is 0.503 e. The second-order valence-electron chi connectivity index (χ2n) is 6.48. The van der Waals surface area contributed by atoms with E-state index >= 15 is 0 Å². The number of hydrogen-bond donors (Lipinski definition) is 0. The van der Waals surface area contributed by atoms with E-state index in [4.69, 9.17) is 0 Å². The molecule has 2 nitrogen and oxygen atoms in total. The molecule has 0 unspecified atom stereocenters. The van der Waals surface area contributed by atoms with Crippen molar-refractivity contribution < 1.29 is 0 Å². The van der Waals surface area contributed by atoms with E-state index in [2.05, 4.69) is 112 Å². The molecule has 126 valence electrons. The molecule has 0 amide bonds. The van der Waals surface area contributed by atoms with Gasteiger partial charge in [-0.1, -0.05) is 72.8 Å². The summed E-state index contributed by atoms with van der Waals surface area (Å²) < 4.78 is 4.28. The van der Waals surface area contributed by atoms with Gasteiger partial charge in [-0.05, 0) is 20.8 Å². The van der Waals surface area contributed by atoms with E-state index in [0.29, 0.717) is 0 Å². The zero-order chi connectivity index (χ0) is 18.1. The molecule has 4 aromatic carbocycles.